The maximum absolute atomic E-state index is 12.5. The predicted octanol–water partition coefficient (Wildman–Crippen LogP) is 0.235. The van der Waals surface area contributed by atoms with Gasteiger partial charge in [0.15, 0.2) is 0 Å². The van der Waals surface area contributed by atoms with E-state index in [1.54, 1.807) is 29.3 Å². The molecule has 0 bridgehead atoms. The van der Waals surface area contributed by atoms with Crippen LogP contribution in [0.1, 0.15) is 26.7 Å². The number of pyridine rings is 1. The van der Waals surface area contributed by atoms with Gasteiger partial charge in [0.05, 0.1) is 13.2 Å². The van der Waals surface area contributed by atoms with Gasteiger partial charge in [0, 0.05) is 30.9 Å². The molecule has 1 atom stereocenters. The Kier molecular flexibility index (Phi) is 4.85. The zero-order chi connectivity index (χ0) is 16.9. The number of nitrogens with two attached hydrogens (primary N) is 1. The van der Waals surface area contributed by atoms with Crippen LogP contribution < -0.4 is 5.73 Å². The molecule has 126 valence electrons. The Morgan fingerprint density at radius 3 is 3.00 bits per heavy atom. The van der Waals surface area contributed by atoms with E-state index in [-0.39, 0.29) is 17.5 Å². The van der Waals surface area contributed by atoms with Crippen LogP contribution >= 0.6 is 0 Å². The molecule has 2 aromatic rings. The molecule has 0 radical (unpaired) electrons. The Balaban J connectivity index is 1.70. The number of aromatic nitrogens is 3. The molecule has 1 unspecified atom stereocenters. The molecular formula is C16H19N5O3. The first-order valence-electron chi connectivity index (χ1n) is 7.75. The van der Waals surface area contributed by atoms with Crippen molar-refractivity contribution in [3.63, 3.8) is 0 Å². The highest BCUT2D eigenvalue weighted by molar-refractivity contribution is 5.92. The molecule has 0 spiro atoms. The largest absolute Gasteiger partial charge is 0.379 e. The number of aromatic amines is 1. The van der Waals surface area contributed by atoms with Crippen molar-refractivity contribution in [1.82, 2.24) is 20.1 Å². The van der Waals surface area contributed by atoms with E-state index in [1.165, 1.54) is 0 Å². The minimum atomic E-state index is -0.551. The van der Waals surface area contributed by atoms with Gasteiger partial charge >= 0.3 is 0 Å². The molecule has 1 fully saturated rings. The third-order valence-electron chi connectivity index (χ3n) is 3.91. The van der Waals surface area contributed by atoms with Crippen molar-refractivity contribution in [3.05, 3.63) is 47.5 Å². The van der Waals surface area contributed by atoms with E-state index >= 15 is 0 Å². The highest BCUT2D eigenvalue weighted by atomic mass is 16.5. The van der Waals surface area contributed by atoms with Gasteiger partial charge in [0.25, 0.3) is 11.8 Å². The van der Waals surface area contributed by atoms with Crippen LogP contribution in [0.2, 0.25) is 0 Å². The summed E-state index contributed by atoms with van der Waals surface area (Å²) in [6, 6.07) is 6.84. The average Bonchev–Trinajstić information content (AvgIpc) is 3.02. The fourth-order valence-electron chi connectivity index (χ4n) is 2.76. The molecule has 0 aromatic carbocycles. The minimum absolute atomic E-state index is 0.0926. The summed E-state index contributed by atoms with van der Waals surface area (Å²) in [5.74, 6) is -0.554. The first-order chi connectivity index (χ1) is 11.6. The van der Waals surface area contributed by atoms with E-state index in [1.807, 2.05) is 6.07 Å². The van der Waals surface area contributed by atoms with Gasteiger partial charge in [-0.15, -0.1) is 0 Å². The van der Waals surface area contributed by atoms with Crippen LogP contribution in [0.5, 0.6) is 0 Å². The van der Waals surface area contributed by atoms with Gasteiger partial charge in [0.1, 0.15) is 11.4 Å². The van der Waals surface area contributed by atoms with Crippen molar-refractivity contribution in [2.45, 2.75) is 6.42 Å². The highest BCUT2D eigenvalue weighted by Gasteiger charge is 2.24. The van der Waals surface area contributed by atoms with Gasteiger partial charge in [-0.1, -0.05) is 6.07 Å². The van der Waals surface area contributed by atoms with E-state index in [4.69, 9.17) is 10.5 Å². The van der Waals surface area contributed by atoms with E-state index in [2.05, 4.69) is 15.2 Å². The van der Waals surface area contributed by atoms with Crippen molar-refractivity contribution in [2.75, 3.05) is 26.3 Å². The lowest BCUT2D eigenvalue weighted by molar-refractivity contribution is 0.0731. The van der Waals surface area contributed by atoms with E-state index in [0.29, 0.717) is 38.4 Å². The number of nitrogens with one attached hydrogen (secondary N) is 1. The zero-order valence-electron chi connectivity index (χ0n) is 13.1. The quantitative estimate of drug-likeness (QED) is 0.833. The van der Waals surface area contributed by atoms with Gasteiger partial charge in [-0.05, 0) is 24.6 Å². The number of carbonyl (C=O) groups excluding carboxylic acids is 2. The summed E-state index contributed by atoms with van der Waals surface area (Å²) in [4.78, 5) is 29.7. The molecule has 8 nitrogen and oxygen atoms in total. The molecule has 0 saturated carbocycles. The van der Waals surface area contributed by atoms with Crippen LogP contribution in [-0.4, -0.2) is 58.2 Å². The number of hydrogen-bond donors (Lipinski definition) is 2. The van der Waals surface area contributed by atoms with Crippen LogP contribution in [0.15, 0.2) is 30.5 Å². The molecular weight excluding hydrogens is 310 g/mol. The van der Waals surface area contributed by atoms with Crippen molar-refractivity contribution in [1.29, 1.82) is 0 Å². The Labute approximate surface area is 139 Å². The van der Waals surface area contributed by atoms with Crippen LogP contribution in [0.3, 0.4) is 0 Å². The van der Waals surface area contributed by atoms with Crippen molar-refractivity contribution < 1.29 is 14.3 Å². The molecule has 1 aliphatic heterocycles. The maximum atomic E-state index is 12.5. The Morgan fingerprint density at radius 1 is 1.38 bits per heavy atom. The molecule has 3 rings (SSSR count). The smallest absolute Gasteiger partial charge is 0.271 e. The number of amides is 2. The van der Waals surface area contributed by atoms with Crippen molar-refractivity contribution in [2.24, 2.45) is 11.7 Å². The Morgan fingerprint density at radius 2 is 2.25 bits per heavy atom. The minimum Gasteiger partial charge on any atom is -0.379 e. The summed E-state index contributed by atoms with van der Waals surface area (Å²) in [7, 11) is 0. The van der Waals surface area contributed by atoms with Gasteiger partial charge in [-0.2, -0.15) is 5.10 Å². The maximum Gasteiger partial charge on any atom is 0.271 e. The fourth-order valence-corrected chi connectivity index (χ4v) is 2.76. The molecule has 2 aromatic heterocycles. The number of ether oxygens (including phenoxy) is 1. The van der Waals surface area contributed by atoms with E-state index in [0.717, 1.165) is 5.69 Å². The number of primary amides is 1. The summed E-state index contributed by atoms with van der Waals surface area (Å²) in [6.45, 7) is 2.11. The normalized spacial score (nSPS) is 18.2. The molecule has 0 aliphatic carbocycles. The lowest BCUT2D eigenvalue weighted by Crippen LogP contribution is -2.36. The standard InChI is InChI=1S/C16H19N5O3/c17-15(22)13-3-1-2-12(19-13)8-11-9-21(6-7-24-10-11)16(23)14-4-5-18-20-14/h1-5,11H,6-10H2,(H2,17,22)(H,18,20). The van der Waals surface area contributed by atoms with E-state index < -0.39 is 5.91 Å². The first kappa shape index (κ1) is 16.1. The number of carbonyl (C=O) groups is 2. The average molecular weight is 329 g/mol. The fraction of sp³-hybridized carbons (Fsp3) is 0.375. The third-order valence-corrected chi connectivity index (χ3v) is 3.91. The number of rotatable bonds is 4. The third kappa shape index (κ3) is 3.77. The van der Waals surface area contributed by atoms with Gasteiger partial charge in [-0.25, -0.2) is 4.98 Å². The lowest BCUT2D eigenvalue weighted by atomic mass is 10.0. The van der Waals surface area contributed by atoms with Crippen molar-refractivity contribution in [3.8, 4) is 0 Å². The number of hydrogen-bond acceptors (Lipinski definition) is 5. The Hall–Kier alpha value is -2.74. The van der Waals surface area contributed by atoms with Crippen LogP contribution in [0, 0.1) is 5.92 Å². The summed E-state index contributed by atoms with van der Waals surface area (Å²) >= 11 is 0. The number of H-pyrrole nitrogens is 1. The van der Waals surface area contributed by atoms with Gasteiger partial charge in [-0.3, -0.25) is 14.7 Å². The van der Waals surface area contributed by atoms with Crippen molar-refractivity contribution >= 4 is 11.8 Å². The summed E-state index contributed by atoms with van der Waals surface area (Å²) < 4.78 is 5.62. The Bertz CT molecular complexity index is 716. The monoisotopic (exact) mass is 329 g/mol. The molecule has 8 heteroatoms. The van der Waals surface area contributed by atoms with E-state index in [9.17, 15) is 9.59 Å². The van der Waals surface area contributed by atoms with Crippen LogP contribution in [-0.2, 0) is 11.2 Å². The highest BCUT2D eigenvalue weighted by Crippen LogP contribution is 2.15. The van der Waals surface area contributed by atoms with Crippen LogP contribution in [0.4, 0.5) is 0 Å². The first-order valence-corrected chi connectivity index (χ1v) is 7.75. The number of nitrogens with zero attached hydrogens (tertiary/aromatic N) is 3. The second-order valence-electron chi connectivity index (χ2n) is 5.74. The van der Waals surface area contributed by atoms with Gasteiger partial charge < -0.3 is 15.4 Å². The molecule has 1 aliphatic rings. The lowest BCUT2D eigenvalue weighted by Gasteiger charge is -2.23. The second-order valence-corrected chi connectivity index (χ2v) is 5.74. The SMILES string of the molecule is NC(=O)c1cccc(CC2COCCN(C(=O)c3ccn[nH]3)C2)n1. The molecule has 24 heavy (non-hydrogen) atoms. The summed E-state index contributed by atoms with van der Waals surface area (Å²) in [5.41, 5.74) is 6.73. The topological polar surface area (TPSA) is 114 Å². The predicted molar refractivity (Wildman–Crippen MR) is 85.3 cm³/mol. The zero-order valence-corrected chi connectivity index (χ0v) is 13.1. The molecule has 1 saturated heterocycles. The summed E-state index contributed by atoms with van der Waals surface area (Å²) in [5, 5.41) is 6.51. The van der Waals surface area contributed by atoms with Gasteiger partial charge in [0.2, 0.25) is 0 Å². The van der Waals surface area contributed by atoms with Crippen LogP contribution in [0.25, 0.3) is 0 Å². The summed E-state index contributed by atoms with van der Waals surface area (Å²) in [6.07, 6.45) is 2.16. The molecule has 3 N–H and O–H groups in total. The second kappa shape index (κ2) is 7.22. The molecule has 2 amide bonds. The molecule has 3 heterocycles.